The van der Waals surface area contributed by atoms with Gasteiger partial charge in [-0.3, -0.25) is 0 Å². The van der Waals surface area contributed by atoms with Crippen LogP contribution < -0.4 is 0 Å². The van der Waals surface area contributed by atoms with Crippen LogP contribution in [0.3, 0.4) is 0 Å². The summed E-state index contributed by atoms with van der Waals surface area (Å²) in [6.45, 7) is 6.04. The molecule has 2 aromatic carbocycles. The number of hydrogen-bond donors (Lipinski definition) is 0. The topological polar surface area (TPSA) is 52.3 Å². The molecule has 1 aromatic heterocycles. The van der Waals surface area contributed by atoms with E-state index in [9.17, 15) is 4.79 Å². The maximum atomic E-state index is 11.4. The van der Waals surface area contributed by atoms with Crippen molar-refractivity contribution in [2.45, 2.75) is 20.8 Å². The first-order chi connectivity index (χ1) is 11.7. The molecule has 0 atom stereocenters. The highest BCUT2D eigenvalue weighted by Gasteiger charge is 2.10. The fourth-order valence-corrected chi connectivity index (χ4v) is 2.16. The lowest BCUT2D eigenvalue weighted by Crippen LogP contribution is -2.00. The molecule has 0 aliphatic heterocycles. The first-order valence-electron chi connectivity index (χ1n) is 7.90. The van der Waals surface area contributed by atoms with E-state index in [1.807, 2.05) is 63.2 Å². The molecule has 0 aliphatic rings. The van der Waals surface area contributed by atoms with Crippen molar-refractivity contribution in [3.8, 4) is 22.6 Å². The number of aryl methyl sites for hydroxylation is 1. The van der Waals surface area contributed by atoms with Gasteiger partial charge in [-0.2, -0.15) is 0 Å². The Balaban J connectivity index is 0.00000100. The molecule has 3 rings (SSSR count). The lowest BCUT2D eigenvalue weighted by molar-refractivity contribution is 0.0601. The summed E-state index contributed by atoms with van der Waals surface area (Å²) >= 11 is 0. The third kappa shape index (κ3) is 3.90. The van der Waals surface area contributed by atoms with Gasteiger partial charge in [-0.25, -0.2) is 4.79 Å². The van der Waals surface area contributed by atoms with Gasteiger partial charge < -0.3 is 9.26 Å². The average molecular weight is 323 g/mol. The molecule has 4 nitrogen and oxygen atoms in total. The third-order valence-electron chi connectivity index (χ3n) is 3.45. The van der Waals surface area contributed by atoms with Gasteiger partial charge in [0.25, 0.3) is 0 Å². The van der Waals surface area contributed by atoms with Gasteiger partial charge in [0.1, 0.15) is 5.69 Å². The standard InChI is InChI=1S/C18H15NO3.C2H6/c1-12-3-5-14(6-4-12)17-11-16(19-22-17)13-7-9-15(10-8-13)18(20)21-2;1-2/h3-11H,1-2H3;1-2H3. The second kappa shape index (κ2) is 8.11. The summed E-state index contributed by atoms with van der Waals surface area (Å²) in [5.41, 5.74) is 4.30. The van der Waals surface area contributed by atoms with E-state index in [0.717, 1.165) is 16.8 Å². The van der Waals surface area contributed by atoms with Gasteiger partial charge in [0.15, 0.2) is 5.76 Å². The van der Waals surface area contributed by atoms with Crippen LogP contribution in [0.25, 0.3) is 22.6 Å². The second-order valence-electron chi connectivity index (χ2n) is 5.01. The van der Waals surface area contributed by atoms with Crippen LogP contribution in [0.5, 0.6) is 0 Å². The van der Waals surface area contributed by atoms with Gasteiger partial charge in [0.2, 0.25) is 0 Å². The Morgan fingerprint density at radius 2 is 1.54 bits per heavy atom. The molecule has 4 heteroatoms. The zero-order valence-electron chi connectivity index (χ0n) is 14.4. The highest BCUT2D eigenvalue weighted by atomic mass is 16.5. The fourth-order valence-electron chi connectivity index (χ4n) is 2.16. The van der Waals surface area contributed by atoms with Crippen LogP contribution in [0.15, 0.2) is 59.1 Å². The van der Waals surface area contributed by atoms with E-state index < -0.39 is 0 Å². The van der Waals surface area contributed by atoms with Crippen LogP contribution in [0.1, 0.15) is 29.8 Å². The Morgan fingerprint density at radius 1 is 0.958 bits per heavy atom. The Bertz CT molecular complexity index is 787. The molecule has 124 valence electrons. The Morgan fingerprint density at radius 3 is 2.12 bits per heavy atom. The van der Waals surface area contributed by atoms with Crippen LogP contribution in [0, 0.1) is 6.92 Å². The first-order valence-corrected chi connectivity index (χ1v) is 7.90. The highest BCUT2D eigenvalue weighted by Crippen LogP contribution is 2.26. The summed E-state index contributed by atoms with van der Waals surface area (Å²) < 4.78 is 10.1. The summed E-state index contributed by atoms with van der Waals surface area (Å²) in [7, 11) is 1.36. The number of aromatic nitrogens is 1. The van der Waals surface area contributed by atoms with Gasteiger partial charge in [-0.05, 0) is 19.1 Å². The van der Waals surface area contributed by atoms with Crippen molar-refractivity contribution in [2.75, 3.05) is 7.11 Å². The summed E-state index contributed by atoms with van der Waals surface area (Å²) in [6, 6.07) is 17.0. The molecule has 0 bridgehead atoms. The second-order valence-corrected chi connectivity index (χ2v) is 5.01. The molecule has 1 heterocycles. The largest absolute Gasteiger partial charge is 0.465 e. The molecular formula is C20H21NO3. The highest BCUT2D eigenvalue weighted by molar-refractivity contribution is 5.89. The van der Waals surface area contributed by atoms with Crippen LogP contribution in [-0.4, -0.2) is 18.2 Å². The summed E-state index contributed by atoms with van der Waals surface area (Å²) in [4.78, 5) is 11.4. The number of rotatable bonds is 3. The molecule has 3 aromatic rings. The van der Waals surface area contributed by atoms with Crippen molar-refractivity contribution < 1.29 is 14.1 Å². The van der Waals surface area contributed by atoms with E-state index in [-0.39, 0.29) is 5.97 Å². The lowest BCUT2D eigenvalue weighted by atomic mass is 10.1. The Kier molecular flexibility index (Phi) is 5.90. The number of carbonyl (C=O) groups is 1. The number of methoxy groups -OCH3 is 1. The zero-order chi connectivity index (χ0) is 17.5. The maximum absolute atomic E-state index is 11.4. The molecule has 0 saturated heterocycles. The van der Waals surface area contributed by atoms with Crippen LogP contribution >= 0.6 is 0 Å². The molecule has 0 N–H and O–H groups in total. The van der Waals surface area contributed by atoms with Gasteiger partial charge in [-0.15, -0.1) is 0 Å². The Hall–Kier alpha value is -2.88. The first kappa shape index (κ1) is 17.5. The maximum Gasteiger partial charge on any atom is 0.337 e. The number of hydrogen-bond acceptors (Lipinski definition) is 4. The third-order valence-corrected chi connectivity index (χ3v) is 3.45. The van der Waals surface area contributed by atoms with Crippen LogP contribution in [-0.2, 0) is 4.74 Å². The molecule has 0 spiro atoms. The minimum atomic E-state index is -0.355. The predicted molar refractivity (Wildman–Crippen MR) is 94.8 cm³/mol. The molecule has 0 amide bonds. The summed E-state index contributed by atoms with van der Waals surface area (Å²) in [5, 5.41) is 4.09. The molecule has 0 saturated carbocycles. The minimum absolute atomic E-state index is 0.355. The van der Waals surface area contributed by atoms with Crippen molar-refractivity contribution in [1.82, 2.24) is 5.16 Å². The van der Waals surface area contributed by atoms with Crippen molar-refractivity contribution in [1.29, 1.82) is 0 Å². The van der Waals surface area contributed by atoms with Crippen LogP contribution in [0.4, 0.5) is 0 Å². The van der Waals surface area contributed by atoms with E-state index in [0.29, 0.717) is 11.3 Å². The lowest BCUT2D eigenvalue weighted by Gasteiger charge is -1.99. The van der Waals surface area contributed by atoms with Crippen molar-refractivity contribution in [2.24, 2.45) is 0 Å². The van der Waals surface area contributed by atoms with Crippen molar-refractivity contribution >= 4 is 5.97 Å². The number of esters is 1. The van der Waals surface area contributed by atoms with E-state index in [4.69, 9.17) is 4.52 Å². The number of carbonyl (C=O) groups excluding carboxylic acids is 1. The molecular weight excluding hydrogens is 302 g/mol. The van der Waals surface area contributed by atoms with E-state index in [2.05, 4.69) is 9.89 Å². The fraction of sp³-hybridized carbons (Fsp3) is 0.200. The summed E-state index contributed by atoms with van der Waals surface area (Å²) in [5.74, 6) is 0.360. The predicted octanol–water partition coefficient (Wildman–Crippen LogP) is 5.13. The van der Waals surface area contributed by atoms with E-state index >= 15 is 0 Å². The molecule has 0 unspecified atom stereocenters. The van der Waals surface area contributed by atoms with Gasteiger partial charge in [0, 0.05) is 17.2 Å². The van der Waals surface area contributed by atoms with Gasteiger partial charge in [-0.1, -0.05) is 61.0 Å². The van der Waals surface area contributed by atoms with Crippen LogP contribution in [0.2, 0.25) is 0 Å². The SMILES string of the molecule is CC.COC(=O)c1ccc(-c2cc(-c3ccc(C)cc3)on2)cc1. The quantitative estimate of drug-likeness (QED) is 0.627. The molecule has 0 fully saturated rings. The minimum Gasteiger partial charge on any atom is -0.465 e. The number of nitrogens with zero attached hydrogens (tertiary/aromatic N) is 1. The monoisotopic (exact) mass is 323 g/mol. The molecule has 24 heavy (non-hydrogen) atoms. The zero-order valence-corrected chi connectivity index (χ0v) is 14.4. The smallest absolute Gasteiger partial charge is 0.337 e. The van der Waals surface area contributed by atoms with Gasteiger partial charge in [0.05, 0.1) is 12.7 Å². The normalized spacial score (nSPS) is 9.83. The molecule has 0 radical (unpaired) electrons. The number of benzene rings is 2. The number of ether oxygens (including phenoxy) is 1. The average Bonchev–Trinajstić information content (AvgIpc) is 3.13. The Labute approximate surface area is 142 Å². The molecule has 0 aliphatic carbocycles. The summed E-state index contributed by atoms with van der Waals surface area (Å²) in [6.07, 6.45) is 0. The van der Waals surface area contributed by atoms with Crippen molar-refractivity contribution in [3.63, 3.8) is 0 Å². The van der Waals surface area contributed by atoms with E-state index in [1.54, 1.807) is 12.1 Å². The van der Waals surface area contributed by atoms with Crippen molar-refractivity contribution in [3.05, 3.63) is 65.7 Å². The van der Waals surface area contributed by atoms with E-state index in [1.165, 1.54) is 12.7 Å². The van der Waals surface area contributed by atoms with Gasteiger partial charge >= 0.3 is 5.97 Å².